The van der Waals surface area contributed by atoms with Gasteiger partial charge in [-0.15, -0.1) is 0 Å². The average molecular weight is 289 g/mol. The van der Waals surface area contributed by atoms with Crippen LogP contribution in [0.4, 0.5) is 0 Å². The van der Waals surface area contributed by atoms with E-state index >= 15 is 0 Å². The maximum absolute atomic E-state index is 10.9. The lowest BCUT2D eigenvalue weighted by molar-refractivity contribution is -0.286. The Morgan fingerprint density at radius 1 is 1.44 bits per heavy atom. The maximum atomic E-state index is 10.9. The van der Waals surface area contributed by atoms with Crippen molar-refractivity contribution in [1.82, 2.24) is 9.97 Å². The summed E-state index contributed by atoms with van der Waals surface area (Å²) >= 11 is 11.5. The zero-order valence-electron chi connectivity index (χ0n) is 9.32. The van der Waals surface area contributed by atoms with Gasteiger partial charge in [0.25, 0.3) is 0 Å². The molecular weight excluding hydrogens is 279 g/mol. The summed E-state index contributed by atoms with van der Waals surface area (Å²) in [5, 5.41) is 9.36. The van der Waals surface area contributed by atoms with Gasteiger partial charge >= 0.3 is 5.97 Å². The van der Waals surface area contributed by atoms with Crippen LogP contribution in [0.5, 0.6) is 0 Å². The molecule has 0 aromatic carbocycles. The Labute approximate surface area is 113 Å². The van der Waals surface area contributed by atoms with Gasteiger partial charge in [-0.05, 0) is 30.9 Å². The van der Waals surface area contributed by atoms with E-state index in [0.29, 0.717) is 24.8 Å². The Bertz CT molecular complexity index is 515. The molecule has 0 unspecified atom stereocenters. The van der Waals surface area contributed by atoms with Gasteiger partial charge in [-0.3, -0.25) is 4.79 Å². The molecule has 4 rings (SSSR count). The van der Waals surface area contributed by atoms with Crippen molar-refractivity contribution in [2.24, 2.45) is 5.41 Å². The summed E-state index contributed by atoms with van der Waals surface area (Å²) in [6.07, 6.45) is 3.28. The molecule has 2 bridgehead atoms. The first kappa shape index (κ1) is 12.1. The van der Waals surface area contributed by atoms with Gasteiger partial charge in [0, 0.05) is 11.8 Å². The van der Waals surface area contributed by atoms with E-state index in [1.807, 2.05) is 0 Å². The lowest BCUT2D eigenvalue weighted by Crippen LogP contribution is -2.71. The molecule has 1 aromatic rings. The van der Waals surface area contributed by atoms with Crippen LogP contribution in [0.25, 0.3) is 0 Å². The fraction of sp³-hybridized carbons (Fsp3) is 0.545. The highest BCUT2D eigenvalue weighted by Crippen LogP contribution is 2.69. The predicted molar refractivity (Wildman–Crippen MR) is 63.5 cm³/mol. The summed E-state index contributed by atoms with van der Waals surface area (Å²) in [4.78, 5) is 18.6. The average Bonchev–Trinajstić information content (AvgIpc) is 2.16. The number of carboxylic acids is 1. The molecule has 0 spiro atoms. The van der Waals surface area contributed by atoms with Crippen LogP contribution < -0.4 is 0 Å². The van der Waals surface area contributed by atoms with Crippen molar-refractivity contribution in [2.45, 2.75) is 31.5 Å². The number of hydrogen-bond acceptors (Lipinski definition) is 4. The number of halogens is 2. The van der Waals surface area contributed by atoms with Gasteiger partial charge < -0.3 is 9.84 Å². The van der Waals surface area contributed by atoms with E-state index < -0.39 is 11.4 Å². The summed E-state index contributed by atoms with van der Waals surface area (Å²) < 4.78 is 5.74. The Kier molecular flexibility index (Phi) is 2.56. The number of ether oxygens (including phenoxy) is 1. The minimum absolute atomic E-state index is 0.0964. The molecule has 0 atom stereocenters. The predicted octanol–water partition coefficient (Wildman–Crippen LogP) is 2.31. The maximum Gasteiger partial charge on any atom is 0.309 e. The van der Waals surface area contributed by atoms with Gasteiger partial charge in [-0.2, -0.15) is 0 Å². The number of carbonyl (C=O) groups is 1. The number of hydrogen-bond donors (Lipinski definition) is 1. The molecule has 0 amide bonds. The van der Waals surface area contributed by atoms with E-state index in [0.717, 1.165) is 0 Å². The Morgan fingerprint density at radius 2 is 2.11 bits per heavy atom. The molecule has 1 N–H and O–H groups in total. The Hall–Kier alpha value is -0.910. The number of rotatable bonds is 4. The summed E-state index contributed by atoms with van der Waals surface area (Å²) in [6, 6.07) is 0. The highest BCUT2D eigenvalue weighted by Gasteiger charge is 2.73. The van der Waals surface area contributed by atoms with Crippen LogP contribution in [-0.4, -0.2) is 26.6 Å². The Balaban J connectivity index is 1.60. The van der Waals surface area contributed by atoms with Crippen LogP contribution >= 0.6 is 23.2 Å². The number of carboxylic acid groups (broad SMARTS) is 1. The van der Waals surface area contributed by atoms with Crippen molar-refractivity contribution in [3.63, 3.8) is 0 Å². The van der Waals surface area contributed by atoms with E-state index in [2.05, 4.69) is 9.97 Å². The minimum atomic E-state index is -0.721. The molecule has 3 aliphatic rings. The minimum Gasteiger partial charge on any atom is -0.481 e. The molecule has 1 heterocycles. The van der Waals surface area contributed by atoms with Gasteiger partial charge in [-0.1, -0.05) is 11.6 Å². The third-order valence-corrected chi connectivity index (χ3v) is 4.26. The third-order valence-electron chi connectivity index (χ3n) is 3.75. The SMILES string of the molecule is O=C(O)C12CC(OCc3cnc(Cl)nc3Cl)(C1)C2. The zero-order chi connectivity index (χ0) is 13.0. The quantitative estimate of drug-likeness (QED) is 0.680. The van der Waals surface area contributed by atoms with E-state index in [1.54, 1.807) is 0 Å². The van der Waals surface area contributed by atoms with E-state index in [9.17, 15) is 4.79 Å². The molecule has 5 nitrogen and oxygen atoms in total. The Morgan fingerprint density at radius 3 is 2.67 bits per heavy atom. The number of aromatic nitrogens is 2. The van der Waals surface area contributed by atoms with Crippen LogP contribution in [0, 0.1) is 5.41 Å². The molecule has 1 aromatic heterocycles. The highest BCUT2D eigenvalue weighted by atomic mass is 35.5. The first-order valence-electron chi connectivity index (χ1n) is 5.49. The summed E-state index contributed by atoms with van der Waals surface area (Å²) in [7, 11) is 0. The van der Waals surface area contributed by atoms with Crippen LogP contribution in [0.2, 0.25) is 10.4 Å². The van der Waals surface area contributed by atoms with Gasteiger partial charge in [0.15, 0.2) is 0 Å². The summed E-state index contributed by atoms with van der Waals surface area (Å²) in [5.74, 6) is -0.721. The fourth-order valence-corrected chi connectivity index (χ4v) is 3.13. The normalized spacial score (nSPS) is 32.6. The largest absolute Gasteiger partial charge is 0.481 e. The van der Waals surface area contributed by atoms with Crippen LogP contribution in [-0.2, 0) is 16.1 Å². The summed E-state index contributed by atoms with van der Waals surface area (Å²) in [6.45, 7) is 0.283. The molecule has 96 valence electrons. The molecule has 3 fully saturated rings. The molecule has 3 saturated carbocycles. The van der Waals surface area contributed by atoms with Crippen molar-refractivity contribution in [3.8, 4) is 0 Å². The molecule has 3 aliphatic carbocycles. The zero-order valence-corrected chi connectivity index (χ0v) is 10.8. The van der Waals surface area contributed by atoms with Crippen molar-refractivity contribution >= 4 is 29.2 Å². The van der Waals surface area contributed by atoms with Gasteiger partial charge in [0.1, 0.15) is 5.15 Å². The van der Waals surface area contributed by atoms with Gasteiger partial charge in [0.2, 0.25) is 5.28 Å². The third kappa shape index (κ3) is 1.69. The van der Waals surface area contributed by atoms with Crippen molar-refractivity contribution in [3.05, 3.63) is 22.2 Å². The molecule has 0 radical (unpaired) electrons. The van der Waals surface area contributed by atoms with E-state index in [4.69, 9.17) is 33.0 Å². The standard InChI is InChI=1S/C11H10Cl2N2O3/c12-7-6(1-14-9(13)15-7)2-18-11-3-10(4-11,5-11)8(16)17/h1H,2-5H2,(H,16,17). The van der Waals surface area contributed by atoms with Crippen molar-refractivity contribution in [1.29, 1.82) is 0 Å². The second kappa shape index (κ2) is 3.79. The van der Waals surface area contributed by atoms with E-state index in [-0.39, 0.29) is 22.6 Å². The lowest BCUT2D eigenvalue weighted by atomic mass is 9.41. The van der Waals surface area contributed by atoms with Crippen LogP contribution in [0.1, 0.15) is 24.8 Å². The first-order chi connectivity index (χ1) is 8.45. The van der Waals surface area contributed by atoms with Gasteiger partial charge in [0.05, 0.1) is 17.6 Å². The second-order valence-corrected chi connectivity index (χ2v) is 5.74. The monoisotopic (exact) mass is 288 g/mol. The van der Waals surface area contributed by atoms with Crippen molar-refractivity contribution < 1.29 is 14.6 Å². The van der Waals surface area contributed by atoms with E-state index in [1.165, 1.54) is 6.20 Å². The van der Waals surface area contributed by atoms with Gasteiger partial charge in [-0.25, -0.2) is 9.97 Å². The molecule has 7 heteroatoms. The fourth-order valence-electron chi connectivity index (χ4n) is 2.77. The smallest absolute Gasteiger partial charge is 0.309 e. The lowest BCUT2D eigenvalue weighted by Gasteiger charge is -2.67. The van der Waals surface area contributed by atoms with Crippen LogP contribution in [0.15, 0.2) is 6.20 Å². The molecule has 18 heavy (non-hydrogen) atoms. The number of nitrogens with zero attached hydrogens (tertiary/aromatic N) is 2. The summed E-state index contributed by atoms with van der Waals surface area (Å²) in [5.41, 5.74) is -0.142. The molecule has 0 aliphatic heterocycles. The second-order valence-electron chi connectivity index (χ2n) is 5.04. The topological polar surface area (TPSA) is 72.3 Å². The first-order valence-corrected chi connectivity index (χ1v) is 6.25. The van der Waals surface area contributed by atoms with Crippen molar-refractivity contribution in [2.75, 3.05) is 0 Å². The highest BCUT2D eigenvalue weighted by molar-refractivity contribution is 6.32. The molecular formula is C11H10Cl2N2O3. The van der Waals surface area contributed by atoms with Crippen LogP contribution in [0.3, 0.4) is 0 Å². The molecule has 0 saturated heterocycles. The number of aliphatic carboxylic acids is 1.